The van der Waals surface area contributed by atoms with Crippen LogP contribution in [0, 0.1) is 5.92 Å². The zero-order chi connectivity index (χ0) is 14.8. The van der Waals surface area contributed by atoms with Crippen LogP contribution >= 0.6 is 0 Å². The molecule has 0 heterocycles. The first-order chi connectivity index (χ1) is 8.85. The third-order valence-electron chi connectivity index (χ3n) is 2.56. The van der Waals surface area contributed by atoms with E-state index in [0.717, 1.165) is 12.0 Å². The van der Waals surface area contributed by atoms with E-state index in [9.17, 15) is 9.18 Å². The van der Waals surface area contributed by atoms with E-state index in [2.05, 4.69) is 31.1 Å². The van der Waals surface area contributed by atoms with Gasteiger partial charge in [0.25, 0.3) is 0 Å². The van der Waals surface area contributed by atoms with Crippen LogP contribution in [0.3, 0.4) is 0 Å². The summed E-state index contributed by atoms with van der Waals surface area (Å²) in [5.74, 6) is 0.705. The van der Waals surface area contributed by atoms with Gasteiger partial charge in [-0.25, -0.2) is 9.18 Å². The van der Waals surface area contributed by atoms with Crippen molar-refractivity contribution < 1.29 is 13.9 Å². The van der Waals surface area contributed by atoms with Crippen LogP contribution in [0.1, 0.15) is 34.1 Å². The molecule has 2 N–H and O–H groups in total. The molecule has 0 aliphatic heterocycles. The fraction of sp³-hybridized carbons (Fsp3) is 0.643. The van der Waals surface area contributed by atoms with E-state index < -0.39 is 6.36 Å². The van der Waals surface area contributed by atoms with Gasteiger partial charge in [0, 0.05) is 20.0 Å². The molecule has 0 bridgehead atoms. The molecule has 0 spiro atoms. The van der Waals surface area contributed by atoms with Crippen LogP contribution in [0.2, 0.25) is 0 Å². The summed E-state index contributed by atoms with van der Waals surface area (Å²) in [6, 6.07) is -0.210. The molecule has 0 saturated heterocycles. The maximum Gasteiger partial charge on any atom is 0.315 e. The van der Waals surface area contributed by atoms with Gasteiger partial charge in [-0.2, -0.15) is 0 Å². The lowest BCUT2D eigenvalue weighted by Crippen LogP contribution is -2.38. The first kappa shape index (κ1) is 17.5. The minimum absolute atomic E-state index is 0.210. The fourth-order valence-electron chi connectivity index (χ4n) is 1.26. The predicted octanol–water partition coefficient (Wildman–Crippen LogP) is 3.12. The molecule has 0 aromatic heterocycles. The van der Waals surface area contributed by atoms with Crippen molar-refractivity contribution in [3.63, 3.8) is 0 Å². The summed E-state index contributed by atoms with van der Waals surface area (Å²) in [4.78, 5) is 11.5. The highest BCUT2D eigenvalue weighted by molar-refractivity contribution is 5.74. The Morgan fingerprint density at radius 2 is 2.05 bits per heavy atom. The molecule has 0 radical (unpaired) electrons. The molecule has 0 saturated carbocycles. The number of amides is 2. The Kier molecular flexibility index (Phi) is 8.66. The van der Waals surface area contributed by atoms with E-state index in [1.807, 2.05) is 6.92 Å². The van der Waals surface area contributed by atoms with E-state index >= 15 is 0 Å². The highest BCUT2D eigenvalue weighted by Gasteiger charge is 2.04. The normalized spacial score (nSPS) is 14.5. The van der Waals surface area contributed by atoms with Gasteiger partial charge in [0.05, 0.1) is 0 Å². The zero-order valence-electron chi connectivity index (χ0n) is 12.3. The molecule has 5 heteroatoms. The van der Waals surface area contributed by atoms with Gasteiger partial charge in [-0.05, 0) is 18.9 Å². The molecule has 0 aliphatic rings. The Morgan fingerprint density at radius 3 is 2.58 bits per heavy atom. The number of carbonyl (C=O) groups is 1. The Labute approximate surface area is 115 Å². The summed E-state index contributed by atoms with van der Waals surface area (Å²) in [6.07, 6.45) is 1.24. The number of nitrogens with one attached hydrogen (secondary N) is 2. The molecule has 4 nitrogen and oxygen atoms in total. The molecule has 110 valence electrons. The lowest BCUT2D eigenvalue weighted by atomic mass is 10.1. The fourth-order valence-corrected chi connectivity index (χ4v) is 1.26. The van der Waals surface area contributed by atoms with Crippen molar-refractivity contribution in [1.82, 2.24) is 10.6 Å². The van der Waals surface area contributed by atoms with Gasteiger partial charge in [0.2, 0.25) is 6.36 Å². The number of halogens is 1. The number of hydrogen-bond acceptors (Lipinski definition) is 2. The molecule has 2 atom stereocenters. The Morgan fingerprint density at radius 1 is 1.42 bits per heavy atom. The number of urea groups is 1. The predicted molar refractivity (Wildman–Crippen MR) is 75.4 cm³/mol. The van der Waals surface area contributed by atoms with Crippen molar-refractivity contribution in [2.24, 2.45) is 5.92 Å². The van der Waals surface area contributed by atoms with Gasteiger partial charge >= 0.3 is 6.03 Å². The topological polar surface area (TPSA) is 50.4 Å². The van der Waals surface area contributed by atoms with Crippen LogP contribution < -0.4 is 10.6 Å². The highest BCUT2D eigenvalue weighted by atomic mass is 19.1. The largest absolute Gasteiger partial charge is 0.461 e. The maximum absolute atomic E-state index is 12.5. The number of allylic oxidation sites excluding steroid dienone is 1. The number of hydrogen-bond donors (Lipinski definition) is 2. The third-order valence-corrected chi connectivity index (χ3v) is 2.56. The van der Waals surface area contributed by atoms with Crippen molar-refractivity contribution in [2.45, 2.75) is 40.5 Å². The first-order valence-electron chi connectivity index (χ1n) is 6.53. The van der Waals surface area contributed by atoms with Crippen molar-refractivity contribution in [3.05, 3.63) is 24.0 Å². The number of ether oxygens (including phenoxy) is 1. The molecule has 0 aromatic carbocycles. The van der Waals surface area contributed by atoms with Crippen molar-refractivity contribution in [1.29, 1.82) is 0 Å². The number of alkyl halides is 1. The minimum atomic E-state index is -1.39. The van der Waals surface area contributed by atoms with Gasteiger partial charge in [-0.15, -0.1) is 0 Å². The highest BCUT2D eigenvalue weighted by Crippen LogP contribution is 2.05. The van der Waals surface area contributed by atoms with Crippen LogP contribution in [0.4, 0.5) is 9.18 Å². The molecule has 2 amide bonds. The van der Waals surface area contributed by atoms with Gasteiger partial charge < -0.3 is 15.4 Å². The SMILES string of the molecule is C=C(/C=C(\C)CNC(=O)NCC(C)CC)OC(C)F. The molecular formula is C14H25FN2O2. The van der Waals surface area contributed by atoms with E-state index in [1.54, 1.807) is 6.08 Å². The average molecular weight is 272 g/mol. The van der Waals surface area contributed by atoms with E-state index in [-0.39, 0.29) is 11.8 Å². The maximum atomic E-state index is 12.5. The average Bonchev–Trinajstić information content (AvgIpc) is 2.32. The van der Waals surface area contributed by atoms with Gasteiger partial charge in [0.15, 0.2) is 0 Å². The summed E-state index contributed by atoms with van der Waals surface area (Å²) in [7, 11) is 0. The van der Waals surface area contributed by atoms with Crippen LogP contribution in [-0.2, 0) is 4.74 Å². The summed E-state index contributed by atoms with van der Waals surface area (Å²) < 4.78 is 17.3. The molecule has 0 rings (SSSR count). The minimum Gasteiger partial charge on any atom is -0.461 e. The second kappa shape index (κ2) is 9.42. The molecular weight excluding hydrogens is 247 g/mol. The van der Waals surface area contributed by atoms with Crippen LogP contribution in [0.25, 0.3) is 0 Å². The van der Waals surface area contributed by atoms with Crippen molar-refractivity contribution in [2.75, 3.05) is 13.1 Å². The number of carbonyl (C=O) groups excluding carboxylic acids is 1. The smallest absolute Gasteiger partial charge is 0.315 e. The van der Waals surface area contributed by atoms with Crippen molar-refractivity contribution in [3.8, 4) is 0 Å². The Bertz CT molecular complexity index is 327. The molecule has 19 heavy (non-hydrogen) atoms. The van der Waals surface area contributed by atoms with E-state index in [4.69, 9.17) is 4.74 Å². The lowest BCUT2D eigenvalue weighted by molar-refractivity contribution is 0.0290. The van der Waals surface area contributed by atoms with Gasteiger partial charge in [-0.3, -0.25) is 0 Å². The van der Waals surface area contributed by atoms with E-state index in [1.165, 1.54) is 6.92 Å². The molecule has 0 fully saturated rings. The zero-order valence-corrected chi connectivity index (χ0v) is 12.3. The van der Waals surface area contributed by atoms with Crippen LogP contribution in [-0.4, -0.2) is 25.5 Å². The van der Waals surface area contributed by atoms with E-state index in [0.29, 0.717) is 19.0 Å². The summed E-state index contributed by atoms with van der Waals surface area (Å²) in [6.45, 7) is 11.8. The summed E-state index contributed by atoms with van der Waals surface area (Å²) in [5.41, 5.74) is 0.837. The Hall–Kier alpha value is -1.52. The lowest BCUT2D eigenvalue weighted by Gasteiger charge is -2.12. The summed E-state index contributed by atoms with van der Waals surface area (Å²) >= 11 is 0. The van der Waals surface area contributed by atoms with Gasteiger partial charge in [-0.1, -0.05) is 32.4 Å². The number of rotatable bonds is 8. The van der Waals surface area contributed by atoms with Gasteiger partial charge in [0.1, 0.15) is 5.76 Å². The van der Waals surface area contributed by atoms with Crippen LogP contribution in [0.5, 0.6) is 0 Å². The monoisotopic (exact) mass is 272 g/mol. The van der Waals surface area contributed by atoms with Crippen LogP contribution in [0.15, 0.2) is 24.0 Å². The Balaban J connectivity index is 3.95. The standard InChI is InChI=1S/C14H25FN2O2/c1-6-10(2)8-16-14(18)17-9-11(3)7-12(4)19-13(5)15/h7,10,13H,4,6,8-9H2,1-3,5H3,(H2,16,17,18)/b11-7+. The molecule has 0 aliphatic carbocycles. The van der Waals surface area contributed by atoms with Crippen molar-refractivity contribution >= 4 is 6.03 Å². The second-order valence-electron chi connectivity index (χ2n) is 4.69. The third kappa shape index (κ3) is 10.1. The summed E-state index contributed by atoms with van der Waals surface area (Å²) in [5, 5.41) is 5.50. The first-order valence-corrected chi connectivity index (χ1v) is 6.53. The second-order valence-corrected chi connectivity index (χ2v) is 4.69. The quantitative estimate of drug-likeness (QED) is 0.527. The molecule has 2 unspecified atom stereocenters. The molecule has 0 aromatic rings.